The lowest BCUT2D eigenvalue weighted by Crippen LogP contribution is -2.25. The van der Waals surface area contributed by atoms with Gasteiger partial charge in [-0.2, -0.15) is 0 Å². The average molecular weight is 479 g/mol. The lowest BCUT2D eigenvalue weighted by molar-refractivity contribution is -0.113. The van der Waals surface area contributed by atoms with E-state index in [0.717, 1.165) is 17.3 Å². The standard InChI is InChI=1S/C25H26N4O4S/c1-5-12-29-24(32)23-22(19-13-18(33-4)10-11-20(19)28(23)3)27-25(29)34-14-21(31)26-17-8-6-16(7-9-17)15(2)30/h6-11,13H,5,12,14H2,1-4H3,(H,26,31). The van der Waals surface area contributed by atoms with Crippen LogP contribution >= 0.6 is 11.8 Å². The highest BCUT2D eigenvalue weighted by molar-refractivity contribution is 7.99. The molecule has 9 heteroatoms. The van der Waals surface area contributed by atoms with Gasteiger partial charge in [0.2, 0.25) is 5.91 Å². The van der Waals surface area contributed by atoms with Crippen molar-refractivity contribution in [3.63, 3.8) is 0 Å². The van der Waals surface area contributed by atoms with E-state index < -0.39 is 0 Å². The van der Waals surface area contributed by atoms with Gasteiger partial charge in [-0.05, 0) is 55.8 Å². The van der Waals surface area contributed by atoms with Crippen molar-refractivity contribution in [3.8, 4) is 5.75 Å². The van der Waals surface area contributed by atoms with Crippen LogP contribution in [0.5, 0.6) is 5.75 Å². The fraction of sp³-hybridized carbons (Fsp3) is 0.280. The van der Waals surface area contributed by atoms with Crippen molar-refractivity contribution in [1.29, 1.82) is 0 Å². The number of carbonyl (C=O) groups is 2. The minimum Gasteiger partial charge on any atom is -0.497 e. The SMILES string of the molecule is CCCn1c(SCC(=O)Nc2ccc(C(C)=O)cc2)nc2c3cc(OC)ccc3n(C)c2c1=O. The Balaban J connectivity index is 1.66. The zero-order valence-corrected chi connectivity index (χ0v) is 20.4. The zero-order chi connectivity index (χ0) is 24.4. The van der Waals surface area contributed by atoms with E-state index in [1.807, 2.05) is 36.7 Å². The molecule has 2 aromatic carbocycles. The molecule has 0 radical (unpaired) electrons. The summed E-state index contributed by atoms with van der Waals surface area (Å²) in [6.07, 6.45) is 0.757. The number of methoxy groups -OCH3 is 1. The Labute approximate surface area is 200 Å². The van der Waals surface area contributed by atoms with Gasteiger partial charge in [-0.25, -0.2) is 4.98 Å². The summed E-state index contributed by atoms with van der Waals surface area (Å²) in [5.74, 6) is 0.515. The number of nitrogens with zero attached hydrogens (tertiary/aromatic N) is 3. The third-order valence-corrected chi connectivity index (χ3v) is 6.60. The van der Waals surface area contributed by atoms with Crippen LogP contribution in [0.3, 0.4) is 0 Å². The molecule has 4 aromatic rings. The van der Waals surface area contributed by atoms with Crippen molar-refractivity contribution >= 4 is 51.1 Å². The summed E-state index contributed by atoms with van der Waals surface area (Å²) in [7, 11) is 3.45. The summed E-state index contributed by atoms with van der Waals surface area (Å²) >= 11 is 1.22. The first-order chi connectivity index (χ1) is 16.3. The largest absolute Gasteiger partial charge is 0.497 e. The minimum absolute atomic E-state index is 0.0325. The van der Waals surface area contributed by atoms with Crippen molar-refractivity contribution in [3.05, 3.63) is 58.4 Å². The number of hydrogen-bond acceptors (Lipinski definition) is 6. The number of anilines is 1. The summed E-state index contributed by atoms with van der Waals surface area (Å²) in [5, 5.41) is 4.15. The molecule has 1 amide bonds. The number of aromatic nitrogens is 3. The maximum Gasteiger partial charge on any atom is 0.278 e. The van der Waals surface area contributed by atoms with E-state index in [1.54, 1.807) is 35.9 Å². The van der Waals surface area contributed by atoms with Crippen LogP contribution in [0.4, 0.5) is 5.69 Å². The van der Waals surface area contributed by atoms with Crippen LogP contribution in [0.2, 0.25) is 0 Å². The number of nitrogens with one attached hydrogen (secondary N) is 1. The summed E-state index contributed by atoms with van der Waals surface area (Å²) in [4.78, 5) is 42.3. The number of aryl methyl sites for hydroxylation is 1. The van der Waals surface area contributed by atoms with E-state index in [0.29, 0.717) is 39.7 Å². The molecule has 0 saturated carbocycles. The Morgan fingerprint density at radius 1 is 1.15 bits per heavy atom. The van der Waals surface area contributed by atoms with Gasteiger partial charge in [0.25, 0.3) is 5.56 Å². The molecule has 2 aromatic heterocycles. The molecule has 0 atom stereocenters. The van der Waals surface area contributed by atoms with Gasteiger partial charge >= 0.3 is 0 Å². The van der Waals surface area contributed by atoms with Crippen molar-refractivity contribution < 1.29 is 14.3 Å². The van der Waals surface area contributed by atoms with Crippen LogP contribution in [0, 0.1) is 0 Å². The van der Waals surface area contributed by atoms with E-state index in [1.165, 1.54) is 18.7 Å². The minimum atomic E-state index is -0.224. The van der Waals surface area contributed by atoms with E-state index in [4.69, 9.17) is 9.72 Å². The van der Waals surface area contributed by atoms with Gasteiger partial charge in [0.05, 0.1) is 18.4 Å². The van der Waals surface area contributed by atoms with E-state index in [2.05, 4.69) is 5.32 Å². The maximum atomic E-state index is 13.4. The second-order valence-electron chi connectivity index (χ2n) is 7.96. The number of ketones is 1. The second-order valence-corrected chi connectivity index (χ2v) is 8.90. The molecule has 0 aliphatic heterocycles. The Hall–Kier alpha value is -3.59. The Bertz CT molecular complexity index is 1450. The first-order valence-corrected chi connectivity index (χ1v) is 11.9. The molecule has 0 fully saturated rings. The molecule has 0 unspecified atom stereocenters. The number of carbonyl (C=O) groups excluding carboxylic acids is 2. The summed E-state index contributed by atoms with van der Waals surface area (Å²) in [5.41, 5.74) is 3.06. The second kappa shape index (κ2) is 9.72. The molecular formula is C25H26N4O4S. The van der Waals surface area contributed by atoms with E-state index in [-0.39, 0.29) is 23.0 Å². The number of thioether (sulfide) groups is 1. The zero-order valence-electron chi connectivity index (χ0n) is 19.5. The monoisotopic (exact) mass is 478 g/mol. The van der Waals surface area contributed by atoms with Crippen LogP contribution in [-0.4, -0.2) is 38.7 Å². The molecule has 176 valence electrons. The maximum absolute atomic E-state index is 13.4. The molecule has 2 heterocycles. The first kappa shape index (κ1) is 23.6. The predicted octanol–water partition coefficient (Wildman–Crippen LogP) is 4.24. The Kier molecular flexibility index (Phi) is 6.74. The normalized spacial score (nSPS) is 11.2. The average Bonchev–Trinajstić information content (AvgIpc) is 3.11. The van der Waals surface area contributed by atoms with Crippen LogP contribution in [0.15, 0.2) is 52.4 Å². The van der Waals surface area contributed by atoms with E-state index >= 15 is 0 Å². The number of hydrogen-bond donors (Lipinski definition) is 1. The van der Waals surface area contributed by atoms with Crippen LogP contribution in [0.25, 0.3) is 21.9 Å². The van der Waals surface area contributed by atoms with Gasteiger partial charge in [-0.15, -0.1) is 0 Å². The molecule has 1 N–H and O–H groups in total. The lowest BCUT2D eigenvalue weighted by atomic mass is 10.1. The molecule has 34 heavy (non-hydrogen) atoms. The summed E-state index contributed by atoms with van der Waals surface area (Å²) in [6, 6.07) is 12.4. The fourth-order valence-corrected chi connectivity index (χ4v) is 4.72. The number of benzene rings is 2. The number of ether oxygens (including phenoxy) is 1. The van der Waals surface area contributed by atoms with Crippen molar-refractivity contribution in [2.45, 2.75) is 32.0 Å². The molecule has 4 rings (SSSR count). The Morgan fingerprint density at radius 2 is 1.88 bits per heavy atom. The molecule has 0 aliphatic rings. The van der Waals surface area contributed by atoms with Gasteiger partial charge in [-0.3, -0.25) is 19.0 Å². The third-order valence-electron chi connectivity index (χ3n) is 5.62. The molecule has 0 spiro atoms. The number of rotatable bonds is 8. The third kappa shape index (κ3) is 4.43. The van der Waals surface area contributed by atoms with Crippen LogP contribution < -0.4 is 15.6 Å². The van der Waals surface area contributed by atoms with Gasteiger partial charge < -0.3 is 14.6 Å². The topological polar surface area (TPSA) is 95.2 Å². The molecule has 0 aliphatic carbocycles. The lowest BCUT2D eigenvalue weighted by Gasteiger charge is -2.12. The summed E-state index contributed by atoms with van der Waals surface area (Å²) in [6.45, 7) is 3.99. The number of Topliss-reactive ketones (excluding diaryl/α,β-unsaturated/α-hetero) is 1. The molecular weight excluding hydrogens is 452 g/mol. The fourth-order valence-electron chi connectivity index (χ4n) is 3.91. The van der Waals surface area contributed by atoms with Gasteiger partial charge in [0.1, 0.15) is 16.8 Å². The molecule has 0 bridgehead atoms. The predicted molar refractivity (Wildman–Crippen MR) is 135 cm³/mol. The van der Waals surface area contributed by atoms with Gasteiger partial charge in [0, 0.05) is 30.2 Å². The quantitative estimate of drug-likeness (QED) is 0.231. The highest BCUT2D eigenvalue weighted by Gasteiger charge is 2.19. The van der Waals surface area contributed by atoms with E-state index in [9.17, 15) is 14.4 Å². The molecule has 0 saturated heterocycles. The number of fused-ring (bicyclic) bond motifs is 3. The highest BCUT2D eigenvalue weighted by Crippen LogP contribution is 2.30. The Morgan fingerprint density at radius 3 is 2.53 bits per heavy atom. The van der Waals surface area contributed by atoms with Crippen LogP contribution in [0.1, 0.15) is 30.6 Å². The van der Waals surface area contributed by atoms with Gasteiger partial charge in [-0.1, -0.05) is 18.7 Å². The molecule has 8 nitrogen and oxygen atoms in total. The van der Waals surface area contributed by atoms with Crippen molar-refractivity contribution in [1.82, 2.24) is 14.1 Å². The first-order valence-electron chi connectivity index (χ1n) is 10.9. The highest BCUT2D eigenvalue weighted by atomic mass is 32.2. The smallest absolute Gasteiger partial charge is 0.278 e. The van der Waals surface area contributed by atoms with Crippen molar-refractivity contribution in [2.75, 3.05) is 18.2 Å². The summed E-state index contributed by atoms with van der Waals surface area (Å²) < 4.78 is 8.86. The van der Waals surface area contributed by atoms with Crippen molar-refractivity contribution in [2.24, 2.45) is 7.05 Å². The van der Waals surface area contributed by atoms with Crippen LogP contribution in [-0.2, 0) is 18.4 Å². The van der Waals surface area contributed by atoms with Gasteiger partial charge in [0.15, 0.2) is 10.9 Å². The number of amides is 1.